The average molecular weight is 583 g/mol. The molecular weight excluding hydrogens is 528 g/mol. The normalized spacial score (nSPS) is 23.6. The van der Waals surface area contributed by atoms with E-state index in [0.29, 0.717) is 44.3 Å². The SMILES string of the molecule is C=C(C)CC(CO)C1CCC(C(F)(F)C(F)(F)C2CCC(CCCCC)CC2)CC1.C=C(C=O)CO.C=O.CO. The summed E-state index contributed by atoms with van der Waals surface area (Å²) in [6, 6.07) is 0. The number of aldehydes is 1. The molecule has 0 aromatic heterocycles. The van der Waals surface area contributed by atoms with Crippen molar-refractivity contribution in [1.82, 2.24) is 0 Å². The molecule has 2 aliphatic rings. The Hall–Kier alpha value is -1.58. The first-order chi connectivity index (χ1) is 18.9. The van der Waals surface area contributed by atoms with Crippen LogP contribution in [0.4, 0.5) is 17.6 Å². The van der Waals surface area contributed by atoms with Gasteiger partial charge in [-0.1, -0.05) is 44.8 Å². The van der Waals surface area contributed by atoms with Crippen molar-refractivity contribution in [1.29, 1.82) is 0 Å². The number of halogens is 4. The van der Waals surface area contributed by atoms with Crippen LogP contribution >= 0.6 is 0 Å². The summed E-state index contributed by atoms with van der Waals surface area (Å²) in [5.74, 6) is -9.77. The lowest BCUT2D eigenvalue weighted by Gasteiger charge is -2.43. The molecule has 0 spiro atoms. The summed E-state index contributed by atoms with van der Waals surface area (Å²) in [7, 11) is 1.00. The van der Waals surface area contributed by atoms with Crippen molar-refractivity contribution in [2.24, 2.45) is 29.6 Å². The first-order valence-electron chi connectivity index (χ1n) is 14.4. The molecule has 0 heterocycles. The van der Waals surface area contributed by atoms with Gasteiger partial charge in [0.15, 0.2) is 0 Å². The van der Waals surface area contributed by atoms with Crippen molar-refractivity contribution in [3.8, 4) is 0 Å². The summed E-state index contributed by atoms with van der Waals surface area (Å²) < 4.78 is 60.0. The summed E-state index contributed by atoms with van der Waals surface area (Å²) in [5.41, 5.74) is 1.17. The molecule has 0 aromatic rings. The number of hydrogen-bond acceptors (Lipinski definition) is 5. The van der Waals surface area contributed by atoms with Crippen molar-refractivity contribution < 1.29 is 42.5 Å². The topological polar surface area (TPSA) is 94.8 Å². The molecule has 0 saturated heterocycles. The third-order valence-corrected chi connectivity index (χ3v) is 8.19. The highest BCUT2D eigenvalue weighted by Gasteiger charge is 2.64. The van der Waals surface area contributed by atoms with Crippen LogP contribution in [0.3, 0.4) is 0 Å². The molecule has 2 fully saturated rings. The van der Waals surface area contributed by atoms with Crippen molar-refractivity contribution in [2.45, 2.75) is 109 Å². The Balaban J connectivity index is 0. The van der Waals surface area contributed by atoms with Gasteiger partial charge in [0.1, 0.15) is 13.1 Å². The van der Waals surface area contributed by atoms with Crippen molar-refractivity contribution in [2.75, 3.05) is 20.3 Å². The maximum absolute atomic E-state index is 15.0. The third kappa shape index (κ3) is 13.4. The lowest BCUT2D eigenvalue weighted by atomic mass is 9.69. The van der Waals surface area contributed by atoms with Crippen LogP contribution in [0.25, 0.3) is 0 Å². The standard InChI is InChI=1S/C25H42F4O.C4H6O2.CH4O.CH2O/c1-4-5-6-7-19-8-12-22(13-9-19)24(26,27)25(28,29)23-14-10-20(11-15-23)21(17-30)16-18(2)3;1-4(2-5)3-6;2*1-2/h19-23,30H,2,4-17H2,1,3H3;2,6H,1,3H2;2H,1H3;1H2. The molecule has 0 bridgehead atoms. The maximum atomic E-state index is 15.0. The van der Waals surface area contributed by atoms with Crippen LogP contribution in [0.5, 0.6) is 0 Å². The average Bonchev–Trinajstić information content (AvgIpc) is 2.98. The molecule has 5 nitrogen and oxygen atoms in total. The van der Waals surface area contributed by atoms with Gasteiger partial charge in [-0.3, -0.25) is 4.79 Å². The molecule has 0 amide bonds. The number of rotatable bonds is 13. The fourth-order valence-corrected chi connectivity index (χ4v) is 5.86. The Morgan fingerprint density at radius 1 is 0.875 bits per heavy atom. The molecule has 0 aliphatic heterocycles. The van der Waals surface area contributed by atoms with Crippen LogP contribution in [0.1, 0.15) is 97.3 Å². The molecule has 2 saturated carbocycles. The van der Waals surface area contributed by atoms with E-state index in [1.807, 2.05) is 13.7 Å². The van der Waals surface area contributed by atoms with E-state index >= 15 is 8.78 Å². The Morgan fingerprint density at radius 2 is 1.32 bits per heavy atom. The quantitative estimate of drug-likeness (QED) is 0.0703. The predicted octanol–water partition coefficient (Wildman–Crippen LogP) is 7.18. The van der Waals surface area contributed by atoms with E-state index in [-0.39, 0.29) is 56.3 Å². The van der Waals surface area contributed by atoms with Crippen molar-refractivity contribution in [3.05, 3.63) is 24.3 Å². The molecule has 2 rings (SSSR count). The van der Waals surface area contributed by atoms with Gasteiger partial charge in [-0.2, -0.15) is 17.6 Å². The minimum Gasteiger partial charge on any atom is -0.400 e. The van der Waals surface area contributed by atoms with Crippen molar-refractivity contribution >= 4 is 13.1 Å². The Labute approximate surface area is 239 Å². The fourth-order valence-electron chi connectivity index (χ4n) is 5.86. The molecule has 0 aromatic carbocycles. The lowest BCUT2D eigenvalue weighted by Crippen LogP contribution is -2.52. The highest BCUT2D eigenvalue weighted by molar-refractivity contribution is 5.72. The molecule has 2 aliphatic carbocycles. The van der Waals surface area contributed by atoms with Crippen molar-refractivity contribution in [3.63, 3.8) is 0 Å². The molecule has 0 radical (unpaired) electrons. The Kier molecular flexibility index (Phi) is 22.4. The molecule has 236 valence electrons. The summed E-state index contributed by atoms with van der Waals surface area (Å²) in [6.07, 6.45) is 8.60. The zero-order chi connectivity index (χ0) is 31.4. The van der Waals surface area contributed by atoms with Crippen LogP contribution in [0.2, 0.25) is 0 Å². The number of aliphatic hydroxyl groups is 3. The van der Waals surface area contributed by atoms with Gasteiger partial charge in [0, 0.05) is 31.1 Å². The summed E-state index contributed by atoms with van der Waals surface area (Å²) in [4.78, 5) is 17.5. The van der Waals surface area contributed by atoms with Crippen LogP contribution in [-0.4, -0.2) is 60.6 Å². The summed E-state index contributed by atoms with van der Waals surface area (Å²) in [6.45, 7) is 12.8. The second kappa shape index (κ2) is 22.1. The van der Waals surface area contributed by atoms with Gasteiger partial charge in [-0.25, -0.2) is 0 Å². The molecule has 3 N–H and O–H groups in total. The van der Waals surface area contributed by atoms with Crippen LogP contribution in [0.15, 0.2) is 24.3 Å². The van der Waals surface area contributed by atoms with Crippen LogP contribution < -0.4 is 0 Å². The van der Waals surface area contributed by atoms with Crippen LogP contribution in [-0.2, 0) is 9.59 Å². The van der Waals surface area contributed by atoms with Crippen LogP contribution in [0, 0.1) is 29.6 Å². The number of carbonyl (C=O) groups is 2. The zero-order valence-electron chi connectivity index (χ0n) is 24.9. The second-order valence-corrected chi connectivity index (χ2v) is 11.1. The smallest absolute Gasteiger partial charge is 0.313 e. The van der Waals surface area contributed by atoms with E-state index < -0.39 is 23.7 Å². The highest BCUT2D eigenvalue weighted by atomic mass is 19.3. The number of allylic oxidation sites excluding steroid dienone is 1. The Bertz CT molecular complexity index is 685. The summed E-state index contributed by atoms with van der Waals surface area (Å²) >= 11 is 0. The van der Waals surface area contributed by atoms with E-state index in [1.165, 1.54) is 0 Å². The highest BCUT2D eigenvalue weighted by Crippen LogP contribution is 2.54. The van der Waals surface area contributed by atoms with E-state index in [9.17, 15) is 18.7 Å². The predicted molar refractivity (Wildman–Crippen MR) is 152 cm³/mol. The van der Waals surface area contributed by atoms with E-state index in [0.717, 1.165) is 38.4 Å². The van der Waals surface area contributed by atoms with E-state index in [2.05, 4.69) is 20.1 Å². The number of hydrogen-bond donors (Lipinski definition) is 3. The van der Waals surface area contributed by atoms with Gasteiger partial charge < -0.3 is 20.1 Å². The molecule has 40 heavy (non-hydrogen) atoms. The van der Waals surface area contributed by atoms with Gasteiger partial charge in [0.25, 0.3) is 0 Å². The maximum Gasteiger partial charge on any atom is 0.313 e. The number of unbranched alkanes of at least 4 members (excludes halogenated alkanes) is 2. The molecule has 9 heteroatoms. The van der Waals surface area contributed by atoms with Gasteiger partial charge >= 0.3 is 11.8 Å². The first kappa shape index (κ1) is 40.6. The second-order valence-electron chi connectivity index (χ2n) is 11.1. The number of carbonyl (C=O) groups excluding carboxylic acids is 2. The third-order valence-electron chi connectivity index (χ3n) is 8.19. The fraction of sp³-hybridized carbons (Fsp3) is 0.806. The minimum atomic E-state index is -3.94. The molecular formula is C31H54F4O5. The van der Waals surface area contributed by atoms with Gasteiger partial charge in [-0.15, -0.1) is 6.58 Å². The number of aliphatic hydroxyl groups excluding tert-OH is 3. The molecule has 1 atom stereocenters. The number of alkyl halides is 4. The van der Waals surface area contributed by atoms with E-state index in [4.69, 9.17) is 15.0 Å². The minimum absolute atomic E-state index is 0.000527. The first-order valence-corrected chi connectivity index (χ1v) is 14.4. The molecule has 1 unspecified atom stereocenters. The monoisotopic (exact) mass is 582 g/mol. The largest absolute Gasteiger partial charge is 0.400 e. The summed E-state index contributed by atoms with van der Waals surface area (Å²) in [5, 5.41) is 24.6. The van der Waals surface area contributed by atoms with Gasteiger partial charge in [0.05, 0.1) is 6.61 Å². The van der Waals surface area contributed by atoms with E-state index in [1.54, 1.807) is 0 Å². The zero-order valence-corrected chi connectivity index (χ0v) is 24.9. The van der Waals surface area contributed by atoms with Gasteiger partial charge in [-0.05, 0) is 82.5 Å². The Morgan fingerprint density at radius 3 is 1.65 bits per heavy atom. The lowest BCUT2D eigenvalue weighted by molar-refractivity contribution is -0.270. The van der Waals surface area contributed by atoms with Gasteiger partial charge in [0.2, 0.25) is 0 Å².